The van der Waals surface area contributed by atoms with Crippen LogP contribution in [0.1, 0.15) is 26.3 Å². The Labute approximate surface area is 125 Å². The lowest BCUT2D eigenvalue weighted by molar-refractivity contribution is -0.129. The summed E-state index contributed by atoms with van der Waals surface area (Å²) < 4.78 is 13.5. The van der Waals surface area contributed by atoms with E-state index in [2.05, 4.69) is 5.32 Å². The highest BCUT2D eigenvalue weighted by atomic mass is 19.1. The molecule has 0 atom stereocenters. The van der Waals surface area contributed by atoms with Crippen molar-refractivity contribution in [1.29, 1.82) is 0 Å². The Morgan fingerprint density at radius 1 is 1.24 bits per heavy atom. The summed E-state index contributed by atoms with van der Waals surface area (Å²) in [7, 11) is 0. The molecule has 0 saturated heterocycles. The molecule has 21 heavy (non-hydrogen) atoms. The summed E-state index contributed by atoms with van der Waals surface area (Å²) >= 11 is 0. The predicted octanol–water partition coefficient (Wildman–Crippen LogP) is 1.99. The van der Waals surface area contributed by atoms with Crippen molar-refractivity contribution in [3.8, 4) is 0 Å². The molecular formula is C16H23FN2O2. The smallest absolute Gasteiger partial charge is 0.222 e. The molecule has 1 aromatic rings. The molecule has 5 heteroatoms. The molecule has 0 unspecified atom stereocenters. The molecule has 0 bridgehead atoms. The van der Waals surface area contributed by atoms with Gasteiger partial charge in [0.05, 0.1) is 0 Å². The van der Waals surface area contributed by atoms with Crippen LogP contribution >= 0.6 is 0 Å². The average molecular weight is 294 g/mol. The average Bonchev–Trinajstić information content (AvgIpc) is 2.43. The molecule has 0 aliphatic carbocycles. The predicted molar refractivity (Wildman–Crippen MR) is 80.2 cm³/mol. The normalized spacial score (nSPS) is 10.5. The second-order valence-corrected chi connectivity index (χ2v) is 5.29. The number of nitrogens with one attached hydrogen (secondary N) is 1. The van der Waals surface area contributed by atoms with Gasteiger partial charge < -0.3 is 10.2 Å². The van der Waals surface area contributed by atoms with Crippen LogP contribution in [0, 0.1) is 11.7 Å². The third kappa shape index (κ3) is 5.94. The number of carbonyl (C=O) groups excluding carboxylic acids is 2. The van der Waals surface area contributed by atoms with Gasteiger partial charge in [-0.25, -0.2) is 4.39 Å². The van der Waals surface area contributed by atoms with Crippen LogP contribution in [0.2, 0.25) is 0 Å². The summed E-state index contributed by atoms with van der Waals surface area (Å²) in [4.78, 5) is 24.7. The van der Waals surface area contributed by atoms with Gasteiger partial charge in [-0.3, -0.25) is 9.59 Å². The Balaban J connectivity index is 2.46. The lowest BCUT2D eigenvalue weighted by Crippen LogP contribution is -2.39. The Morgan fingerprint density at radius 2 is 1.90 bits per heavy atom. The van der Waals surface area contributed by atoms with E-state index in [1.165, 1.54) is 13.0 Å². The highest BCUT2D eigenvalue weighted by molar-refractivity contribution is 5.78. The quantitative estimate of drug-likeness (QED) is 0.836. The van der Waals surface area contributed by atoms with E-state index in [1.807, 2.05) is 13.8 Å². The molecule has 4 nitrogen and oxygen atoms in total. The van der Waals surface area contributed by atoms with Gasteiger partial charge in [0.15, 0.2) is 0 Å². The Kier molecular flexibility index (Phi) is 6.85. The summed E-state index contributed by atoms with van der Waals surface area (Å²) in [6.45, 7) is 6.39. The standard InChI is InChI=1S/C16H23FN2O2/c1-12(2)16(21)18-9-11-19(13(3)20)10-8-14-6-4-5-7-15(14)17/h4-7,12H,8-11H2,1-3H3,(H,18,21). The Morgan fingerprint density at radius 3 is 2.48 bits per heavy atom. The van der Waals surface area contributed by atoms with Crippen LogP contribution < -0.4 is 5.32 Å². The molecule has 0 radical (unpaired) electrons. The van der Waals surface area contributed by atoms with Gasteiger partial charge >= 0.3 is 0 Å². The number of hydrogen-bond acceptors (Lipinski definition) is 2. The molecule has 0 heterocycles. The molecule has 0 spiro atoms. The molecule has 0 aliphatic heterocycles. The first-order valence-corrected chi connectivity index (χ1v) is 7.18. The zero-order valence-corrected chi connectivity index (χ0v) is 12.9. The number of rotatable bonds is 7. The molecule has 116 valence electrons. The van der Waals surface area contributed by atoms with Crippen molar-refractivity contribution in [1.82, 2.24) is 10.2 Å². The maximum atomic E-state index is 13.5. The van der Waals surface area contributed by atoms with Gasteiger partial charge in [0.2, 0.25) is 11.8 Å². The van der Waals surface area contributed by atoms with Crippen LogP contribution in [0.4, 0.5) is 4.39 Å². The lowest BCUT2D eigenvalue weighted by atomic mass is 10.1. The van der Waals surface area contributed by atoms with Gasteiger partial charge in [0.1, 0.15) is 5.82 Å². The fourth-order valence-corrected chi connectivity index (χ4v) is 1.90. The van der Waals surface area contributed by atoms with Crippen molar-refractivity contribution in [2.24, 2.45) is 5.92 Å². The van der Waals surface area contributed by atoms with E-state index in [0.717, 1.165) is 0 Å². The van der Waals surface area contributed by atoms with Crippen molar-refractivity contribution >= 4 is 11.8 Å². The zero-order chi connectivity index (χ0) is 15.8. The maximum Gasteiger partial charge on any atom is 0.222 e. The van der Waals surface area contributed by atoms with Gasteiger partial charge in [-0.2, -0.15) is 0 Å². The minimum atomic E-state index is -0.255. The van der Waals surface area contributed by atoms with Crippen LogP contribution in [-0.2, 0) is 16.0 Å². The molecule has 1 aromatic carbocycles. The second-order valence-electron chi connectivity index (χ2n) is 5.29. The SMILES string of the molecule is CC(=O)N(CCNC(=O)C(C)C)CCc1ccccc1F. The van der Waals surface area contributed by atoms with Gasteiger partial charge in [0, 0.05) is 32.5 Å². The molecule has 2 amide bonds. The monoisotopic (exact) mass is 294 g/mol. The molecular weight excluding hydrogens is 271 g/mol. The van der Waals surface area contributed by atoms with E-state index in [1.54, 1.807) is 23.1 Å². The third-order valence-electron chi connectivity index (χ3n) is 3.26. The fraction of sp³-hybridized carbons (Fsp3) is 0.500. The van der Waals surface area contributed by atoms with Gasteiger partial charge in [-0.1, -0.05) is 32.0 Å². The molecule has 0 aliphatic rings. The number of benzene rings is 1. The third-order valence-corrected chi connectivity index (χ3v) is 3.26. The first-order chi connectivity index (χ1) is 9.91. The van der Waals surface area contributed by atoms with Crippen molar-refractivity contribution < 1.29 is 14.0 Å². The van der Waals surface area contributed by atoms with E-state index in [4.69, 9.17) is 0 Å². The van der Waals surface area contributed by atoms with Crippen molar-refractivity contribution in [3.05, 3.63) is 35.6 Å². The van der Waals surface area contributed by atoms with Gasteiger partial charge in [-0.15, -0.1) is 0 Å². The molecule has 0 saturated carbocycles. The number of amides is 2. The molecule has 1 N–H and O–H groups in total. The van der Waals surface area contributed by atoms with E-state index < -0.39 is 0 Å². The summed E-state index contributed by atoms with van der Waals surface area (Å²) in [5, 5.41) is 2.77. The molecule has 0 aromatic heterocycles. The molecule has 1 rings (SSSR count). The number of halogens is 1. The van der Waals surface area contributed by atoms with Gasteiger partial charge in [-0.05, 0) is 18.1 Å². The number of nitrogens with zero attached hydrogens (tertiary/aromatic N) is 1. The first-order valence-electron chi connectivity index (χ1n) is 7.18. The van der Waals surface area contributed by atoms with E-state index in [9.17, 15) is 14.0 Å². The van der Waals surface area contributed by atoms with Gasteiger partial charge in [0.25, 0.3) is 0 Å². The minimum Gasteiger partial charge on any atom is -0.354 e. The summed E-state index contributed by atoms with van der Waals surface area (Å²) in [6.07, 6.45) is 0.463. The second kappa shape index (κ2) is 8.39. The number of carbonyl (C=O) groups is 2. The fourth-order valence-electron chi connectivity index (χ4n) is 1.90. The van der Waals surface area contributed by atoms with Crippen LogP contribution in [0.25, 0.3) is 0 Å². The van der Waals surface area contributed by atoms with E-state index >= 15 is 0 Å². The minimum absolute atomic E-state index is 0.0346. The number of hydrogen-bond donors (Lipinski definition) is 1. The Bertz CT molecular complexity index is 489. The highest BCUT2D eigenvalue weighted by Gasteiger charge is 2.11. The van der Waals surface area contributed by atoms with Crippen LogP contribution in [0.5, 0.6) is 0 Å². The maximum absolute atomic E-state index is 13.5. The summed E-state index contributed by atoms with van der Waals surface area (Å²) in [6, 6.07) is 6.55. The molecule has 0 fully saturated rings. The summed E-state index contributed by atoms with van der Waals surface area (Å²) in [5.41, 5.74) is 0.593. The highest BCUT2D eigenvalue weighted by Crippen LogP contribution is 2.08. The summed E-state index contributed by atoms with van der Waals surface area (Å²) in [5.74, 6) is -0.443. The topological polar surface area (TPSA) is 49.4 Å². The first kappa shape index (κ1) is 17.1. The Hall–Kier alpha value is -1.91. The van der Waals surface area contributed by atoms with E-state index in [0.29, 0.717) is 31.6 Å². The van der Waals surface area contributed by atoms with Crippen molar-refractivity contribution in [2.75, 3.05) is 19.6 Å². The van der Waals surface area contributed by atoms with E-state index in [-0.39, 0.29) is 23.5 Å². The van der Waals surface area contributed by atoms with Crippen LogP contribution in [0.3, 0.4) is 0 Å². The zero-order valence-electron chi connectivity index (χ0n) is 12.9. The van der Waals surface area contributed by atoms with Crippen molar-refractivity contribution in [3.63, 3.8) is 0 Å². The van der Waals surface area contributed by atoms with Crippen LogP contribution in [-0.4, -0.2) is 36.3 Å². The van der Waals surface area contributed by atoms with Crippen molar-refractivity contribution in [2.45, 2.75) is 27.2 Å². The largest absolute Gasteiger partial charge is 0.354 e. The van der Waals surface area contributed by atoms with Crippen LogP contribution in [0.15, 0.2) is 24.3 Å². The lowest BCUT2D eigenvalue weighted by Gasteiger charge is -2.21.